The molecule has 102 valence electrons. The molecule has 0 N–H and O–H groups in total. The highest BCUT2D eigenvalue weighted by Gasteiger charge is 2.38. The van der Waals surface area contributed by atoms with Gasteiger partial charge >= 0.3 is 13.3 Å². The minimum absolute atomic E-state index is 0.244. The van der Waals surface area contributed by atoms with E-state index in [-0.39, 0.29) is 11.2 Å². The number of hydrogen-bond acceptors (Lipinski definition) is 2. The number of hydrogen-bond donors (Lipinski definition) is 0. The Balaban J connectivity index is 2.32. The molecule has 0 spiro atoms. The zero-order valence-electron chi connectivity index (χ0n) is 12.0. The van der Waals surface area contributed by atoms with Crippen LogP contribution in [0.2, 0.25) is 0 Å². The van der Waals surface area contributed by atoms with Gasteiger partial charge in [0.1, 0.15) is 0 Å². The molecule has 0 saturated heterocycles. The van der Waals surface area contributed by atoms with Gasteiger partial charge in [-0.05, 0) is 31.9 Å². The highest BCUT2D eigenvalue weighted by atomic mass is 31.1. The van der Waals surface area contributed by atoms with Crippen molar-refractivity contribution in [1.82, 2.24) is 0 Å². The Labute approximate surface area is 120 Å². The Kier molecular flexibility index (Phi) is 4.46. The van der Waals surface area contributed by atoms with E-state index in [2.05, 4.69) is 0 Å². The first kappa shape index (κ1) is 14.6. The van der Waals surface area contributed by atoms with Crippen LogP contribution in [-0.2, 0) is 4.57 Å². The molecule has 2 aromatic carbocycles. The molecule has 0 fully saturated rings. The minimum atomic E-state index is -1.98. The molecule has 0 heterocycles. The fourth-order valence-corrected chi connectivity index (χ4v) is 3.67. The van der Waals surface area contributed by atoms with Crippen molar-refractivity contribution in [3.8, 4) is 0 Å². The number of carbonyl (C=O) groups is 1. The normalized spacial score (nSPS) is 12.8. The molecule has 2 unspecified atom stereocenters. The number of benzene rings is 2. The highest BCUT2D eigenvalue weighted by molar-refractivity contribution is 7.64. The van der Waals surface area contributed by atoms with Gasteiger partial charge in [0.05, 0.1) is 5.56 Å². The molecular weight excluding hydrogens is 267 g/mol. The molecular formula is C17H18O2P+. The van der Waals surface area contributed by atoms with Gasteiger partial charge in [0.15, 0.2) is 5.66 Å². The fourth-order valence-electron chi connectivity index (χ4n) is 2.30. The molecule has 2 rings (SSSR count). The standard InChI is InChI=1S/C17H18O2P/c1-12-8-7-9-13(2)16(12)17(18)20(19)14(3)15-10-5-4-6-11-15/h4-11,14H,1-3H3/q+1. The lowest BCUT2D eigenvalue weighted by molar-refractivity contribution is 0.107. The van der Waals surface area contributed by atoms with E-state index >= 15 is 0 Å². The summed E-state index contributed by atoms with van der Waals surface area (Å²) in [6.45, 7) is 5.62. The molecule has 0 saturated carbocycles. The van der Waals surface area contributed by atoms with Gasteiger partial charge in [0.25, 0.3) is 0 Å². The second-order valence-corrected chi connectivity index (χ2v) is 6.82. The maximum atomic E-state index is 12.5. The second kappa shape index (κ2) is 6.11. The summed E-state index contributed by atoms with van der Waals surface area (Å²) < 4.78 is 12.5. The molecule has 2 atom stereocenters. The third-order valence-corrected chi connectivity index (χ3v) is 5.15. The Bertz CT molecular complexity index is 627. The summed E-state index contributed by atoms with van der Waals surface area (Å²) >= 11 is 0. The van der Waals surface area contributed by atoms with Gasteiger partial charge in [-0.2, -0.15) is 0 Å². The third-order valence-electron chi connectivity index (χ3n) is 3.53. The van der Waals surface area contributed by atoms with E-state index in [0.29, 0.717) is 5.56 Å². The van der Waals surface area contributed by atoms with Crippen molar-refractivity contribution in [1.29, 1.82) is 0 Å². The Hall–Kier alpha value is -1.79. The average molecular weight is 285 g/mol. The van der Waals surface area contributed by atoms with Crippen LogP contribution in [0.5, 0.6) is 0 Å². The van der Waals surface area contributed by atoms with E-state index in [1.165, 1.54) is 0 Å². The lowest BCUT2D eigenvalue weighted by Gasteiger charge is -2.05. The van der Waals surface area contributed by atoms with E-state index in [0.717, 1.165) is 16.7 Å². The van der Waals surface area contributed by atoms with Crippen LogP contribution in [0.1, 0.15) is 39.6 Å². The second-order valence-electron chi connectivity index (χ2n) is 4.98. The smallest absolute Gasteiger partial charge is 0.234 e. The summed E-state index contributed by atoms with van der Waals surface area (Å²) in [6, 6.07) is 15.2. The maximum absolute atomic E-state index is 12.5. The monoisotopic (exact) mass is 285 g/mol. The topological polar surface area (TPSA) is 34.1 Å². The van der Waals surface area contributed by atoms with Crippen molar-refractivity contribution in [2.45, 2.75) is 26.4 Å². The van der Waals surface area contributed by atoms with Crippen molar-refractivity contribution < 1.29 is 9.36 Å². The van der Waals surface area contributed by atoms with E-state index in [4.69, 9.17) is 0 Å². The average Bonchev–Trinajstić information content (AvgIpc) is 2.46. The lowest BCUT2D eigenvalue weighted by atomic mass is 10.0. The van der Waals surface area contributed by atoms with Crippen LogP contribution in [-0.4, -0.2) is 5.52 Å². The molecule has 0 radical (unpaired) electrons. The van der Waals surface area contributed by atoms with Gasteiger partial charge in [0.2, 0.25) is 0 Å². The zero-order valence-corrected chi connectivity index (χ0v) is 12.9. The van der Waals surface area contributed by atoms with Gasteiger partial charge in [-0.25, -0.2) is 4.79 Å². The summed E-state index contributed by atoms with van der Waals surface area (Å²) in [5.74, 6) is 0. The number of aryl methyl sites for hydroxylation is 2. The van der Waals surface area contributed by atoms with Crippen LogP contribution in [0.4, 0.5) is 0 Å². The Morgan fingerprint density at radius 2 is 1.50 bits per heavy atom. The van der Waals surface area contributed by atoms with Crippen molar-refractivity contribution in [2.75, 3.05) is 0 Å². The quantitative estimate of drug-likeness (QED) is 0.738. The van der Waals surface area contributed by atoms with Gasteiger partial charge in [0, 0.05) is 5.56 Å². The zero-order chi connectivity index (χ0) is 14.7. The molecule has 20 heavy (non-hydrogen) atoms. The predicted octanol–water partition coefficient (Wildman–Crippen LogP) is 5.03. The predicted molar refractivity (Wildman–Crippen MR) is 82.7 cm³/mol. The van der Waals surface area contributed by atoms with Crippen LogP contribution >= 0.6 is 7.80 Å². The van der Waals surface area contributed by atoms with Crippen LogP contribution in [0, 0.1) is 13.8 Å². The number of carbonyl (C=O) groups excluding carboxylic acids is 1. The summed E-state index contributed by atoms with van der Waals surface area (Å²) in [4.78, 5) is 12.5. The van der Waals surface area contributed by atoms with Gasteiger partial charge in [-0.15, -0.1) is 0 Å². The molecule has 3 heteroatoms. The first-order valence-electron chi connectivity index (χ1n) is 6.64. The van der Waals surface area contributed by atoms with Crippen LogP contribution in [0.3, 0.4) is 0 Å². The fraction of sp³-hybridized carbons (Fsp3) is 0.235. The minimum Gasteiger partial charge on any atom is -0.234 e. The molecule has 0 aliphatic carbocycles. The van der Waals surface area contributed by atoms with E-state index in [9.17, 15) is 9.36 Å². The van der Waals surface area contributed by atoms with E-state index in [1.807, 2.05) is 69.3 Å². The van der Waals surface area contributed by atoms with Crippen LogP contribution in [0.25, 0.3) is 0 Å². The van der Waals surface area contributed by atoms with Crippen molar-refractivity contribution in [3.63, 3.8) is 0 Å². The molecule has 0 aliphatic heterocycles. The van der Waals surface area contributed by atoms with Gasteiger partial charge in [-0.1, -0.05) is 53.1 Å². The maximum Gasteiger partial charge on any atom is 0.427 e. The summed E-state index contributed by atoms with van der Waals surface area (Å²) in [5.41, 5.74) is 2.81. The van der Waals surface area contributed by atoms with Crippen molar-refractivity contribution >= 4 is 13.3 Å². The van der Waals surface area contributed by atoms with Crippen molar-refractivity contribution in [3.05, 3.63) is 70.8 Å². The Morgan fingerprint density at radius 3 is 2.05 bits per heavy atom. The van der Waals surface area contributed by atoms with Gasteiger partial charge < -0.3 is 0 Å². The first-order chi connectivity index (χ1) is 9.52. The van der Waals surface area contributed by atoms with Crippen LogP contribution in [0.15, 0.2) is 48.5 Å². The molecule has 0 aromatic heterocycles. The third kappa shape index (κ3) is 2.86. The first-order valence-corrected chi connectivity index (χ1v) is 7.97. The van der Waals surface area contributed by atoms with E-state index in [1.54, 1.807) is 0 Å². The SMILES string of the molecule is Cc1cccc(C)c1C(=O)[P+](=O)C(C)c1ccccc1. The molecule has 0 bridgehead atoms. The molecule has 2 aromatic rings. The highest BCUT2D eigenvalue weighted by Crippen LogP contribution is 2.44. The molecule has 0 amide bonds. The van der Waals surface area contributed by atoms with Crippen LogP contribution < -0.4 is 0 Å². The lowest BCUT2D eigenvalue weighted by Crippen LogP contribution is -2.03. The Morgan fingerprint density at radius 1 is 0.950 bits per heavy atom. The summed E-state index contributed by atoms with van der Waals surface area (Å²) in [5, 5.41) is 0. The number of rotatable bonds is 4. The van der Waals surface area contributed by atoms with E-state index < -0.39 is 7.80 Å². The summed E-state index contributed by atoms with van der Waals surface area (Å²) in [6.07, 6.45) is 0. The molecule has 0 aliphatic rings. The van der Waals surface area contributed by atoms with Gasteiger partial charge in [-0.3, -0.25) is 0 Å². The largest absolute Gasteiger partial charge is 0.427 e. The molecule has 2 nitrogen and oxygen atoms in total. The summed E-state index contributed by atoms with van der Waals surface area (Å²) in [7, 11) is -1.98. The van der Waals surface area contributed by atoms with Crippen molar-refractivity contribution in [2.24, 2.45) is 0 Å².